The first kappa shape index (κ1) is 15.5. The molecule has 0 saturated carbocycles. The highest BCUT2D eigenvalue weighted by Gasteiger charge is 2.20. The fourth-order valence-electron chi connectivity index (χ4n) is 2.48. The number of amides is 1. The molecular weight excluding hydrogens is 271 g/mol. The van der Waals surface area contributed by atoms with Gasteiger partial charge < -0.3 is 15.3 Å². The van der Waals surface area contributed by atoms with Crippen molar-refractivity contribution < 1.29 is 14.3 Å². The van der Waals surface area contributed by atoms with Crippen LogP contribution in [0.1, 0.15) is 22.3 Å². The van der Waals surface area contributed by atoms with Crippen LogP contribution in [0.25, 0.3) is 0 Å². The molecule has 1 atom stereocenters. The molecule has 0 spiro atoms. The highest BCUT2D eigenvalue weighted by atomic mass is 19.1. The van der Waals surface area contributed by atoms with E-state index < -0.39 is 5.82 Å². The van der Waals surface area contributed by atoms with E-state index >= 15 is 0 Å². The Kier molecular flexibility index (Phi) is 5.32. The fraction of sp³-hybridized carbons (Fsp3) is 0.438. The molecule has 21 heavy (non-hydrogen) atoms. The minimum absolute atomic E-state index is 0.258. The van der Waals surface area contributed by atoms with Crippen molar-refractivity contribution in [2.24, 2.45) is 5.92 Å². The second-order valence-corrected chi connectivity index (χ2v) is 5.28. The molecule has 1 aliphatic heterocycles. The lowest BCUT2D eigenvalue weighted by atomic mass is 10.1. The lowest BCUT2D eigenvalue weighted by Gasteiger charge is -2.12. The van der Waals surface area contributed by atoms with Crippen LogP contribution in [0.4, 0.5) is 4.39 Å². The number of rotatable bonds is 3. The number of nitrogens with one attached hydrogen (secondary N) is 1. The number of likely N-dealkylation sites (tertiary alicyclic amines) is 1. The standard InChI is InChI=1S/C16H19FN2O2/c1-19-7-6-12(11-19)10-18-16(21)15-5-4-14(17)9-13(15)3-2-8-20/h4-5,9,12,20H,6-8,10-11H2,1H3,(H,18,21). The van der Waals surface area contributed by atoms with Crippen LogP contribution in [-0.2, 0) is 0 Å². The molecule has 112 valence electrons. The lowest BCUT2D eigenvalue weighted by Crippen LogP contribution is -2.31. The van der Waals surface area contributed by atoms with Crippen LogP contribution in [0, 0.1) is 23.6 Å². The zero-order chi connectivity index (χ0) is 15.2. The summed E-state index contributed by atoms with van der Waals surface area (Å²) in [6, 6.07) is 3.87. The van der Waals surface area contributed by atoms with Crippen molar-refractivity contribution in [1.29, 1.82) is 0 Å². The number of aliphatic hydroxyl groups excluding tert-OH is 1. The van der Waals surface area contributed by atoms with Crippen molar-refractivity contribution in [2.45, 2.75) is 6.42 Å². The van der Waals surface area contributed by atoms with Crippen molar-refractivity contribution in [3.8, 4) is 11.8 Å². The van der Waals surface area contributed by atoms with Gasteiger partial charge >= 0.3 is 0 Å². The zero-order valence-corrected chi connectivity index (χ0v) is 12.0. The van der Waals surface area contributed by atoms with Crippen LogP contribution in [0.15, 0.2) is 18.2 Å². The first-order valence-electron chi connectivity index (χ1n) is 6.96. The molecule has 0 radical (unpaired) electrons. The van der Waals surface area contributed by atoms with E-state index in [1.807, 2.05) is 0 Å². The van der Waals surface area contributed by atoms with Crippen molar-refractivity contribution in [1.82, 2.24) is 10.2 Å². The highest BCUT2D eigenvalue weighted by molar-refractivity contribution is 5.96. The minimum atomic E-state index is -0.453. The van der Waals surface area contributed by atoms with E-state index in [0.717, 1.165) is 19.5 Å². The Balaban J connectivity index is 2.04. The Morgan fingerprint density at radius 3 is 3.05 bits per heavy atom. The molecule has 0 aromatic heterocycles. The smallest absolute Gasteiger partial charge is 0.252 e. The Morgan fingerprint density at radius 1 is 1.57 bits per heavy atom. The molecular formula is C16H19FN2O2. The molecule has 1 aromatic carbocycles. The van der Waals surface area contributed by atoms with Crippen LogP contribution < -0.4 is 5.32 Å². The van der Waals surface area contributed by atoms with Crippen LogP contribution in [0.2, 0.25) is 0 Å². The van der Waals surface area contributed by atoms with Crippen LogP contribution in [0.5, 0.6) is 0 Å². The zero-order valence-electron chi connectivity index (χ0n) is 12.0. The molecule has 1 fully saturated rings. The second-order valence-electron chi connectivity index (χ2n) is 5.28. The third kappa shape index (κ3) is 4.28. The summed E-state index contributed by atoms with van der Waals surface area (Å²) in [5.41, 5.74) is 0.633. The largest absolute Gasteiger partial charge is 0.384 e. The minimum Gasteiger partial charge on any atom is -0.384 e. The van der Waals surface area contributed by atoms with Gasteiger partial charge in [0, 0.05) is 18.7 Å². The predicted molar refractivity (Wildman–Crippen MR) is 78.3 cm³/mol. The van der Waals surface area contributed by atoms with Gasteiger partial charge in [-0.3, -0.25) is 4.79 Å². The maximum Gasteiger partial charge on any atom is 0.252 e. The molecule has 4 nitrogen and oxygen atoms in total. The molecule has 5 heteroatoms. The van der Waals surface area contributed by atoms with Crippen molar-refractivity contribution >= 4 is 5.91 Å². The normalized spacial score (nSPS) is 18.1. The number of benzene rings is 1. The number of hydrogen-bond donors (Lipinski definition) is 2. The van der Waals surface area contributed by atoms with Crippen molar-refractivity contribution in [3.05, 3.63) is 35.1 Å². The summed E-state index contributed by atoms with van der Waals surface area (Å²) in [7, 11) is 2.06. The number of carbonyl (C=O) groups is 1. The van der Waals surface area contributed by atoms with E-state index in [0.29, 0.717) is 23.6 Å². The molecule has 0 aliphatic carbocycles. The molecule has 1 saturated heterocycles. The van der Waals surface area contributed by atoms with E-state index in [1.54, 1.807) is 0 Å². The maximum absolute atomic E-state index is 13.2. The Hall–Kier alpha value is -1.90. The van der Waals surface area contributed by atoms with Gasteiger partial charge in [0.25, 0.3) is 5.91 Å². The monoisotopic (exact) mass is 290 g/mol. The fourth-order valence-corrected chi connectivity index (χ4v) is 2.48. The van der Waals surface area contributed by atoms with Crippen LogP contribution >= 0.6 is 0 Å². The average Bonchev–Trinajstić information content (AvgIpc) is 2.88. The molecule has 0 bridgehead atoms. The van der Waals surface area contributed by atoms with E-state index in [4.69, 9.17) is 5.11 Å². The molecule has 1 unspecified atom stereocenters. The van der Waals surface area contributed by atoms with Crippen LogP contribution in [-0.4, -0.2) is 49.2 Å². The molecule has 1 amide bonds. The van der Waals surface area contributed by atoms with Gasteiger partial charge in [0.2, 0.25) is 0 Å². The van der Waals surface area contributed by atoms with Gasteiger partial charge in [-0.1, -0.05) is 11.8 Å². The van der Waals surface area contributed by atoms with Crippen molar-refractivity contribution in [2.75, 3.05) is 33.3 Å². The first-order chi connectivity index (χ1) is 10.1. The van der Waals surface area contributed by atoms with Crippen LogP contribution in [0.3, 0.4) is 0 Å². The molecule has 2 rings (SSSR count). The van der Waals surface area contributed by atoms with Gasteiger partial charge in [-0.2, -0.15) is 0 Å². The molecule has 1 aromatic rings. The molecule has 1 aliphatic rings. The second kappa shape index (κ2) is 7.21. The first-order valence-corrected chi connectivity index (χ1v) is 6.96. The van der Waals surface area contributed by atoms with Gasteiger partial charge in [0.15, 0.2) is 0 Å². The maximum atomic E-state index is 13.2. The Morgan fingerprint density at radius 2 is 2.38 bits per heavy atom. The summed E-state index contributed by atoms with van der Waals surface area (Å²) in [4.78, 5) is 14.4. The van der Waals surface area contributed by atoms with Gasteiger partial charge in [0.05, 0.1) is 5.56 Å². The van der Waals surface area contributed by atoms with Crippen molar-refractivity contribution in [3.63, 3.8) is 0 Å². The molecule has 2 N–H and O–H groups in total. The SMILES string of the molecule is CN1CCC(CNC(=O)c2ccc(F)cc2C#CCO)C1. The number of aliphatic hydroxyl groups is 1. The number of carbonyl (C=O) groups excluding carboxylic acids is 1. The van der Waals surface area contributed by atoms with Gasteiger partial charge in [-0.15, -0.1) is 0 Å². The summed E-state index contributed by atoms with van der Waals surface area (Å²) in [6.45, 7) is 2.30. The van der Waals surface area contributed by atoms with Gasteiger partial charge in [-0.05, 0) is 44.1 Å². The molecule has 1 heterocycles. The van der Waals surface area contributed by atoms with E-state index in [1.165, 1.54) is 18.2 Å². The van der Waals surface area contributed by atoms with E-state index in [9.17, 15) is 9.18 Å². The summed E-state index contributed by atoms with van der Waals surface area (Å²) < 4.78 is 13.2. The predicted octanol–water partition coefficient (Wildman–Crippen LogP) is 0.851. The quantitative estimate of drug-likeness (QED) is 0.812. The summed E-state index contributed by atoms with van der Waals surface area (Å²) in [5, 5.41) is 11.6. The number of halogens is 1. The number of nitrogens with zero attached hydrogens (tertiary/aromatic N) is 1. The third-order valence-electron chi connectivity index (χ3n) is 3.57. The van der Waals surface area contributed by atoms with E-state index in [2.05, 4.69) is 29.1 Å². The van der Waals surface area contributed by atoms with E-state index in [-0.39, 0.29) is 12.5 Å². The average molecular weight is 290 g/mol. The highest BCUT2D eigenvalue weighted by Crippen LogP contribution is 2.14. The summed E-state index contributed by atoms with van der Waals surface area (Å²) in [6.07, 6.45) is 1.07. The number of hydrogen-bond acceptors (Lipinski definition) is 3. The lowest BCUT2D eigenvalue weighted by molar-refractivity contribution is 0.0947. The third-order valence-corrected chi connectivity index (χ3v) is 3.57. The summed E-state index contributed by atoms with van der Waals surface area (Å²) >= 11 is 0. The Bertz CT molecular complexity index is 577. The summed E-state index contributed by atoms with van der Waals surface area (Å²) in [5.74, 6) is 4.79. The van der Waals surface area contributed by atoms with Gasteiger partial charge in [-0.25, -0.2) is 4.39 Å². The van der Waals surface area contributed by atoms with Gasteiger partial charge in [0.1, 0.15) is 12.4 Å². The Labute approximate surface area is 124 Å². The topological polar surface area (TPSA) is 52.6 Å².